The number of para-hydroxylation sites is 1. The van der Waals surface area contributed by atoms with E-state index in [1.54, 1.807) is 0 Å². The largest absolute Gasteiger partial charge is 0.486 e. The van der Waals surface area contributed by atoms with E-state index in [4.69, 9.17) is 10.5 Å². The molecule has 2 unspecified atom stereocenters. The molecule has 3 N–H and O–H groups in total. The van der Waals surface area contributed by atoms with Crippen LogP contribution in [-0.2, 0) is 0 Å². The molecule has 0 radical (unpaired) electrons. The fourth-order valence-corrected chi connectivity index (χ4v) is 2.37. The molecule has 0 aliphatic heterocycles. The number of hydrogen-bond donors (Lipinski definition) is 2. The standard InChI is InChI=1S/C18H23NO2/c1-2-8-16(19)18(13-20)21-17-12-7-6-11-15(17)14-9-4-3-5-10-14/h3-7,9-12,16,18,20H,2,8,13,19H2,1H3. The summed E-state index contributed by atoms with van der Waals surface area (Å²) in [5, 5.41) is 9.54. The van der Waals surface area contributed by atoms with E-state index in [1.807, 2.05) is 54.6 Å². The Morgan fingerprint density at radius 3 is 2.38 bits per heavy atom. The predicted molar refractivity (Wildman–Crippen MR) is 86.3 cm³/mol. The summed E-state index contributed by atoms with van der Waals surface area (Å²) in [5.74, 6) is 0.759. The van der Waals surface area contributed by atoms with Crippen LogP contribution in [-0.4, -0.2) is 23.9 Å². The van der Waals surface area contributed by atoms with Crippen LogP contribution in [0, 0.1) is 0 Å². The molecule has 2 aromatic rings. The maximum Gasteiger partial charge on any atom is 0.137 e. The SMILES string of the molecule is CCCC(N)C(CO)Oc1ccccc1-c1ccccc1. The van der Waals surface area contributed by atoms with E-state index < -0.39 is 0 Å². The number of nitrogens with two attached hydrogens (primary N) is 1. The van der Waals surface area contributed by atoms with Crippen LogP contribution in [0.1, 0.15) is 19.8 Å². The molecule has 0 aliphatic rings. The Labute approximate surface area is 126 Å². The molecule has 0 saturated heterocycles. The zero-order valence-corrected chi connectivity index (χ0v) is 12.4. The average Bonchev–Trinajstić information content (AvgIpc) is 2.54. The van der Waals surface area contributed by atoms with Gasteiger partial charge in [-0.2, -0.15) is 0 Å². The monoisotopic (exact) mass is 285 g/mol. The van der Waals surface area contributed by atoms with E-state index in [0.717, 1.165) is 29.7 Å². The summed E-state index contributed by atoms with van der Waals surface area (Å²) in [7, 11) is 0. The van der Waals surface area contributed by atoms with Crippen LogP contribution in [0.5, 0.6) is 5.75 Å². The van der Waals surface area contributed by atoms with E-state index in [9.17, 15) is 5.11 Å². The van der Waals surface area contributed by atoms with Crippen molar-refractivity contribution < 1.29 is 9.84 Å². The Kier molecular flexibility index (Phi) is 5.78. The van der Waals surface area contributed by atoms with Crippen molar-refractivity contribution in [3.63, 3.8) is 0 Å². The molecule has 112 valence electrons. The first-order valence-electron chi connectivity index (χ1n) is 7.43. The number of rotatable bonds is 7. The number of ether oxygens (including phenoxy) is 1. The summed E-state index contributed by atoms with van der Waals surface area (Å²) in [6, 6.07) is 17.8. The molecule has 0 aliphatic carbocycles. The van der Waals surface area contributed by atoms with Gasteiger partial charge >= 0.3 is 0 Å². The molecule has 21 heavy (non-hydrogen) atoms. The van der Waals surface area contributed by atoms with Gasteiger partial charge in [0, 0.05) is 11.6 Å². The zero-order valence-electron chi connectivity index (χ0n) is 12.4. The number of hydrogen-bond acceptors (Lipinski definition) is 3. The van der Waals surface area contributed by atoms with Gasteiger partial charge in [0.2, 0.25) is 0 Å². The Bertz CT molecular complexity index is 542. The number of aliphatic hydroxyl groups is 1. The maximum atomic E-state index is 9.54. The Balaban J connectivity index is 2.24. The molecular formula is C18H23NO2. The lowest BCUT2D eigenvalue weighted by atomic mass is 10.0. The lowest BCUT2D eigenvalue weighted by Gasteiger charge is -2.24. The summed E-state index contributed by atoms with van der Waals surface area (Å²) in [5.41, 5.74) is 8.20. The van der Waals surface area contributed by atoms with Crippen LogP contribution in [0.3, 0.4) is 0 Å². The van der Waals surface area contributed by atoms with Crippen molar-refractivity contribution in [1.29, 1.82) is 0 Å². The van der Waals surface area contributed by atoms with Crippen molar-refractivity contribution in [2.45, 2.75) is 31.9 Å². The van der Waals surface area contributed by atoms with Gasteiger partial charge < -0.3 is 15.6 Å². The normalized spacial score (nSPS) is 13.7. The van der Waals surface area contributed by atoms with Crippen molar-refractivity contribution in [2.24, 2.45) is 5.73 Å². The minimum absolute atomic E-state index is 0.0791. The Morgan fingerprint density at radius 1 is 1.05 bits per heavy atom. The van der Waals surface area contributed by atoms with Gasteiger partial charge in [-0.15, -0.1) is 0 Å². The van der Waals surface area contributed by atoms with Crippen molar-refractivity contribution in [1.82, 2.24) is 0 Å². The van der Waals surface area contributed by atoms with E-state index in [0.29, 0.717) is 0 Å². The molecule has 2 rings (SSSR count). The van der Waals surface area contributed by atoms with E-state index >= 15 is 0 Å². The lowest BCUT2D eigenvalue weighted by Crippen LogP contribution is -2.41. The van der Waals surface area contributed by atoms with Crippen LogP contribution in [0.25, 0.3) is 11.1 Å². The third-order valence-corrected chi connectivity index (χ3v) is 3.53. The first-order valence-corrected chi connectivity index (χ1v) is 7.43. The fourth-order valence-electron chi connectivity index (χ4n) is 2.37. The van der Waals surface area contributed by atoms with Crippen molar-refractivity contribution >= 4 is 0 Å². The molecule has 0 heterocycles. The van der Waals surface area contributed by atoms with Gasteiger partial charge in [-0.05, 0) is 18.1 Å². The molecular weight excluding hydrogens is 262 g/mol. The van der Waals surface area contributed by atoms with Gasteiger partial charge in [-0.25, -0.2) is 0 Å². The third-order valence-electron chi connectivity index (χ3n) is 3.53. The summed E-state index contributed by atoms with van der Waals surface area (Å²) >= 11 is 0. The average molecular weight is 285 g/mol. The minimum Gasteiger partial charge on any atom is -0.486 e. The van der Waals surface area contributed by atoms with E-state index in [-0.39, 0.29) is 18.8 Å². The van der Waals surface area contributed by atoms with Crippen molar-refractivity contribution in [3.8, 4) is 16.9 Å². The van der Waals surface area contributed by atoms with Gasteiger partial charge in [0.1, 0.15) is 11.9 Å². The highest BCUT2D eigenvalue weighted by atomic mass is 16.5. The summed E-state index contributed by atoms with van der Waals surface area (Å²) in [4.78, 5) is 0. The Hall–Kier alpha value is -1.84. The van der Waals surface area contributed by atoms with Gasteiger partial charge in [-0.1, -0.05) is 61.9 Å². The molecule has 0 spiro atoms. The molecule has 0 saturated carbocycles. The number of aliphatic hydroxyl groups excluding tert-OH is 1. The lowest BCUT2D eigenvalue weighted by molar-refractivity contribution is 0.0921. The van der Waals surface area contributed by atoms with Crippen LogP contribution < -0.4 is 10.5 Å². The second kappa shape index (κ2) is 7.81. The van der Waals surface area contributed by atoms with Gasteiger partial charge in [0.25, 0.3) is 0 Å². The molecule has 3 nitrogen and oxygen atoms in total. The van der Waals surface area contributed by atoms with E-state index in [2.05, 4.69) is 6.92 Å². The topological polar surface area (TPSA) is 55.5 Å². The second-order valence-corrected chi connectivity index (χ2v) is 5.15. The maximum absolute atomic E-state index is 9.54. The molecule has 0 aromatic heterocycles. The summed E-state index contributed by atoms with van der Waals surface area (Å²) in [6.45, 7) is 2.00. The summed E-state index contributed by atoms with van der Waals surface area (Å²) < 4.78 is 5.99. The van der Waals surface area contributed by atoms with Gasteiger partial charge in [-0.3, -0.25) is 0 Å². The molecule has 3 heteroatoms. The van der Waals surface area contributed by atoms with Crippen LogP contribution >= 0.6 is 0 Å². The molecule has 0 bridgehead atoms. The zero-order chi connectivity index (χ0) is 15.1. The fraction of sp³-hybridized carbons (Fsp3) is 0.333. The summed E-state index contributed by atoms with van der Waals surface area (Å²) in [6.07, 6.45) is 1.43. The van der Waals surface area contributed by atoms with E-state index in [1.165, 1.54) is 0 Å². The quantitative estimate of drug-likeness (QED) is 0.821. The highest BCUT2D eigenvalue weighted by Gasteiger charge is 2.19. The molecule has 2 atom stereocenters. The van der Waals surface area contributed by atoms with Gasteiger partial charge in [0.15, 0.2) is 0 Å². The number of benzene rings is 2. The molecule has 0 amide bonds. The first-order chi connectivity index (χ1) is 10.3. The van der Waals surface area contributed by atoms with Crippen LogP contribution in [0.2, 0.25) is 0 Å². The van der Waals surface area contributed by atoms with Crippen LogP contribution in [0.15, 0.2) is 54.6 Å². The second-order valence-electron chi connectivity index (χ2n) is 5.15. The minimum atomic E-state index is -0.380. The highest BCUT2D eigenvalue weighted by molar-refractivity contribution is 5.70. The highest BCUT2D eigenvalue weighted by Crippen LogP contribution is 2.30. The predicted octanol–water partition coefficient (Wildman–Crippen LogP) is 3.22. The molecule has 2 aromatic carbocycles. The van der Waals surface area contributed by atoms with Crippen molar-refractivity contribution in [2.75, 3.05) is 6.61 Å². The first kappa shape index (κ1) is 15.5. The smallest absolute Gasteiger partial charge is 0.137 e. The Morgan fingerprint density at radius 2 is 1.71 bits per heavy atom. The van der Waals surface area contributed by atoms with Crippen molar-refractivity contribution in [3.05, 3.63) is 54.6 Å². The third kappa shape index (κ3) is 4.06. The van der Waals surface area contributed by atoms with Gasteiger partial charge in [0.05, 0.1) is 6.61 Å². The molecule has 0 fully saturated rings. The van der Waals surface area contributed by atoms with Crippen LogP contribution in [0.4, 0.5) is 0 Å².